The van der Waals surface area contributed by atoms with Crippen molar-refractivity contribution < 1.29 is 9.53 Å². The summed E-state index contributed by atoms with van der Waals surface area (Å²) in [6.45, 7) is 6.90. The van der Waals surface area contributed by atoms with Crippen LogP contribution in [0.4, 0.5) is 0 Å². The van der Waals surface area contributed by atoms with Crippen LogP contribution in [0.5, 0.6) is 5.75 Å². The van der Waals surface area contributed by atoms with E-state index in [-0.39, 0.29) is 11.4 Å². The van der Waals surface area contributed by atoms with Crippen LogP contribution in [-0.4, -0.2) is 24.6 Å². The SMILES string of the molecule is Cc1cccc(OCCC(=O)NC(C)(C)CCN)c1. The smallest absolute Gasteiger partial charge is 0.223 e. The second kappa shape index (κ2) is 7.14. The van der Waals surface area contributed by atoms with Gasteiger partial charge in [0.25, 0.3) is 0 Å². The number of rotatable bonds is 7. The summed E-state index contributed by atoms with van der Waals surface area (Å²) in [4.78, 5) is 11.8. The fourth-order valence-corrected chi connectivity index (χ4v) is 1.83. The summed E-state index contributed by atoms with van der Waals surface area (Å²) in [6, 6.07) is 7.80. The number of aryl methyl sites for hydroxylation is 1. The molecular weight excluding hydrogens is 240 g/mol. The molecule has 0 aromatic heterocycles. The molecule has 0 aliphatic rings. The molecule has 1 aromatic carbocycles. The number of nitrogens with two attached hydrogens (primary N) is 1. The summed E-state index contributed by atoms with van der Waals surface area (Å²) in [6.07, 6.45) is 1.11. The Kier molecular flexibility index (Phi) is 5.83. The summed E-state index contributed by atoms with van der Waals surface area (Å²) in [5.41, 5.74) is 6.39. The Morgan fingerprint density at radius 3 is 2.79 bits per heavy atom. The molecule has 0 heterocycles. The Morgan fingerprint density at radius 2 is 2.16 bits per heavy atom. The largest absolute Gasteiger partial charge is 0.493 e. The van der Waals surface area contributed by atoms with E-state index in [4.69, 9.17) is 10.5 Å². The van der Waals surface area contributed by atoms with E-state index in [9.17, 15) is 4.79 Å². The van der Waals surface area contributed by atoms with Gasteiger partial charge in [-0.1, -0.05) is 12.1 Å². The van der Waals surface area contributed by atoms with Crippen LogP contribution >= 0.6 is 0 Å². The number of nitrogens with one attached hydrogen (secondary N) is 1. The molecule has 0 radical (unpaired) electrons. The van der Waals surface area contributed by atoms with Crippen LogP contribution in [0, 0.1) is 6.92 Å². The van der Waals surface area contributed by atoms with Gasteiger partial charge in [0, 0.05) is 5.54 Å². The first kappa shape index (κ1) is 15.5. The van der Waals surface area contributed by atoms with Crippen molar-refractivity contribution in [1.29, 1.82) is 0 Å². The lowest BCUT2D eigenvalue weighted by Gasteiger charge is -2.25. The van der Waals surface area contributed by atoms with E-state index in [1.165, 1.54) is 0 Å². The van der Waals surface area contributed by atoms with Crippen LogP contribution in [0.2, 0.25) is 0 Å². The molecule has 0 saturated carbocycles. The van der Waals surface area contributed by atoms with Gasteiger partial charge in [0.1, 0.15) is 5.75 Å². The standard InChI is InChI=1S/C15H24N2O2/c1-12-5-4-6-13(11-12)19-10-7-14(18)17-15(2,3)8-9-16/h4-6,11H,7-10,16H2,1-3H3,(H,17,18). The highest BCUT2D eigenvalue weighted by molar-refractivity contribution is 5.76. The van der Waals surface area contributed by atoms with Crippen molar-refractivity contribution in [3.63, 3.8) is 0 Å². The van der Waals surface area contributed by atoms with Gasteiger partial charge < -0.3 is 15.8 Å². The molecular formula is C15H24N2O2. The predicted octanol–water partition coefficient (Wildman–Crippen LogP) is 2.01. The summed E-state index contributed by atoms with van der Waals surface area (Å²) in [5.74, 6) is 0.792. The number of ether oxygens (including phenoxy) is 1. The maximum absolute atomic E-state index is 11.8. The zero-order valence-corrected chi connectivity index (χ0v) is 12.0. The van der Waals surface area contributed by atoms with Crippen molar-refractivity contribution >= 4 is 5.91 Å². The average Bonchev–Trinajstić information content (AvgIpc) is 2.27. The van der Waals surface area contributed by atoms with Crippen LogP contribution in [-0.2, 0) is 4.79 Å². The van der Waals surface area contributed by atoms with Crippen LogP contribution < -0.4 is 15.8 Å². The zero-order chi connectivity index (χ0) is 14.3. The van der Waals surface area contributed by atoms with Crippen molar-refractivity contribution in [1.82, 2.24) is 5.32 Å². The molecule has 106 valence electrons. The Morgan fingerprint density at radius 1 is 1.42 bits per heavy atom. The van der Waals surface area contributed by atoms with Crippen LogP contribution in [0.1, 0.15) is 32.3 Å². The lowest BCUT2D eigenvalue weighted by molar-refractivity contribution is -0.123. The maximum atomic E-state index is 11.8. The fourth-order valence-electron chi connectivity index (χ4n) is 1.83. The molecule has 0 bridgehead atoms. The highest BCUT2D eigenvalue weighted by Crippen LogP contribution is 2.12. The lowest BCUT2D eigenvalue weighted by atomic mass is 10.0. The molecule has 0 saturated heterocycles. The molecule has 0 aliphatic heterocycles. The Bertz CT molecular complexity index is 416. The summed E-state index contributed by atoms with van der Waals surface area (Å²) < 4.78 is 5.55. The Balaban J connectivity index is 2.31. The third-order valence-corrected chi connectivity index (χ3v) is 2.83. The van der Waals surface area contributed by atoms with Crippen molar-refractivity contribution in [2.24, 2.45) is 5.73 Å². The van der Waals surface area contributed by atoms with Crippen molar-refractivity contribution in [3.8, 4) is 5.75 Å². The second-order valence-corrected chi connectivity index (χ2v) is 5.39. The number of carbonyl (C=O) groups excluding carboxylic acids is 1. The van der Waals surface area contributed by atoms with Gasteiger partial charge in [-0.3, -0.25) is 4.79 Å². The van der Waals surface area contributed by atoms with Crippen LogP contribution in [0.15, 0.2) is 24.3 Å². The van der Waals surface area contributed by atoms with Gasteiger partial charge >= 0.3 is 0 Å². The van der Waals surface area contributed by atoms with E-state index in [2.05, 4.69) is 5.32 Å². The topological polar surface area (TPSA) is 64.3 Å². The monoisotopic (exact) mass is 264 g/mol. The molecule has 3 N–H and O–H groups in total. The maximum Gasteiger partial charge on any atom is 0.223 e. The zero-order valence-electron chi connectivity index (χ0n) is 12.0. The number of hydrogen-bond donors (Lipinski definition) is 2. The van der Waals surface area contributed by atoms with Gasteiger partial charge in [-0.05, 0) is 51.4 Å². The van der Waals surface area contributed by atoms with E-state index in [0.717, 1.165) is 17.7 Å². The van der Waals surface area contributed by atoms with Crippen LogP contribution in [0.3, 0.4) is 0 Å². The molecule has 1 amide bonds. The average molecular weight is 264 g/mol. The molecule has 1 aromatic rings. The summed E-state index contributed by atoms with van der Waals surface area (Å²) >= 11 is 0. The quantitative estimate of drug-likeness (QED) is 0.791. The van der Waals surface area contributed by atoms with Crippen molar-refractivity contribution in [2.45, 2.75) is 39.2 Å². The first-order valence-corrected chi connectivity index (χ1v) is 6.63. The van der Waals surface area contributed by atoms with Gasteiger partial charge in [0.2, 0.25) is 5.91 Å². The van der Waals surface area contributed by atoms with Gasteiger partial charge in [0.05, 0.1) is 13.0 Å². The van der Waals surface area contributed by atoms with E-state index in [0.29, 0.717) is 19.6 Å². The van der Waals surface area contributed by atoms with Gasteiger partial charge in [-0.2, -0.15) is 0 Å². The molecule has 0 fully saturated rings. The van der Waals surface area contributed by atoms with Gasteiger partial charge in [-0.25, -0.2) is 0 Å². The van der Waals surface area contributed by atoms with Crippen LogP contribution in [0.25, 0.3) is 0 Å². The molecule has 19 heavy (non-hydrogen) atoms. The third kappa shape index (κ3) is 6.25. The van der Waals surface area contributed by atoms with Crippen molar-refractivity contribution in [2.75, 3.05) is 13.2 Å². The number of benzene rings is 1. The molecule has 0 spiro atoms. The normalized spacial score (nSPS) is 11.2. The lowest BCUT2D eigenvalue weighted by Crippen LogP contribution is -2.45. The first-order valence-electron chi connectivity index (χ1n) is 6.63. The van der Waals surface area contributed by atoms with E-state index < -0.39 is 0 Å². The summed E-state index contributed by atoms with van der Waals surface area (Å²) in [7, 11) is 0. The molecule has 1 rings (SSSR count). The fraction of sp³-hybridized carbons (Fsp3) is 0.533. The Hall–Kier alpha value is -1.55. The molecule has 0 atom stereocenters. The predicted molar refractivity (Wildman–Crippen MR) is 77.2 cm³/mol. The molecule has 0 aliphatic carbocycles. The summed E-state index contributed by atoms with van der Waals surface area (Å²) in [5, 5.41) is 2.96. The minimum atomic E-state index is -0.255. The third-order valence-electron chi connectivity index (χ3n) is 2.83. The number of carbonyl (C=O) groups is 1. The van der Waals surface area contributed by atoms with Gasteiger partial charge in [-0.15, -0.1) is 0 Å². The Labute approximate surface area is 115 Å². The van der Waals surface area contributed by atoms with Gasteiger partial charge in [0.15, 0.2) is 0 Å². The molecule has 0 unspecified atom stereocenters. The van der Waals surface area contributed by atoms with Crippen molar-refractivity contribution in [3.05, 3.63) is 29.8 Å². The highest BCUT2D eigenvalue weighted by Gasteiger charge is 2.18. The van der Waals surface area contributed by atoms with E-state index >= 15 is 0 Å². The molecule has 4 nitrogen and oxygen atoms in total. The minimum Gasteiger partial charge on any atom is -0.493 e. The number of amides is 1. The van der Waals surface area contributed by atoms with E-state index in [1.807, 2.05) is 45.0 Å². The first-order chi connectivity index (χ1) is 8.93. The van der Waals surface area contributed by atoms with E-state index in [1.54, 1.807) is 0 Å². The molecule has 4 heteroatoms. The number of hydrogen-bond acceptors (Lipinski definition) is 3. The second-order valence-electron chi connectivity index (χ2n) is 5.39. The minimum absolute atomic E-state index is 0.00824. The highest BCUT2D eigenvalue weighted by atomic mass is 16.5.